The first kappa shape index (κ1) is 7.61. The number of aromatic amines is 1. The number of halogens is 1. The molecule has 62 valence electrons. The Morgan fingerprint density at radius 1 is 1.50 bits per heavy atom. The van der Waals surface area contributed by atoms with E-state index >= 15 is 0 Å². The largest absolute Gasteiger partial charge is 0.382 e. The Morgan fingerprint density at radius 3 is 3.00 bits per heavy atom. The number of nitrogens with zero attached hydrogens (tertiary/aromatic N) is 1. The standard InChI is InChI=1S/C8H8BrN3/c1-4-2-5-7(3-6(4)9)11-12-8(5)10/h2-3H,1H3,(H3,10,11,12). The van der Waals surface area contributed by atoms with Crippen molar-refractivity contribution in [2.45, 2.75) is 6.92 Å². The van der Waals surface area contributed by atoms with Crippen LogP contribution in [-0.4, -0.2) is 10.2 Å². The van der Waals surface area contributed by atoms with E-state index in [2.05, 4.69) is 26.1 Å². The number of anilines is 1. The number of nitrogens with one attached hydrogen (secondary N) is 1. The zero-order valence-corrected chi connectivity index (χ0v) is 8.14. The second-order valence-electron chi connectivity index (χ2n) is 2.76. The van der Waals surface area contributed by atoms with Gasteiger partial charge in [0, 0.05) is 9.86 Å². The summed E-state index contributed by atoms with van der Waals surface area (Å²) in [6.45, 7) is 2.02. The highest BCUT2D eigenvalue weighted by Gasteiger charge is 2.03. The second kappa shape index (κ2) is 2.48. The molecule has 0 atom stereocenters. The van der Waals surface area contributed by atoms with E-state index < -0.39 is 0 Å². The van der Waals surface area contributed by atoms with Crippen LogP contribution in [0, 0.1) is 6.92 Å². The smallest absolute Gasteiger partial charge is 0.153 e. The zero-order chi connectivity index (χ0) is 8.72. The zero-order valence-electron chi connectivity index (χ0n) is 6.56. The van der Waals surface area contributed by atoms with Crippen LogP contribution in [0.25, 0.3) is 10.9 Å². The van der Waals surface area contributed by atoms with Crippen molar-refractivity contribution >= 4 is 32.7 Å². The third-order valence-electron chi connectivity index (χ3n) is 1.87. The molecule has 12 heavy (non-hydrogen) atoms. The molecular formula is C8H8BrN3. The third kappa shape index (κ3) is 0.992. The molecule has 0 amide bonds. The Bertz CT molecular complexity index is 433. The molecule has 0 aliphatic rings. The first-order chi connectivity index (χ1) is 5.68. The maximum Gasteiger partial charge on any atom is 0.153 e. The number of benzene rings is 1. The molecule has 0 spiro atoms. The molecule has 1 aromatic heterocycles. The van der Waals surface area contributed by atoms with Gasteiger partial charge in [-0.05, 0) is 24.6 Å². The van der Waals surface area contributed by atoms with Crippen LogP contribution in [0.3, 0.4) is 0 Å². The van der Waals surface area contributed by atoms with E-state index in [1.807, 2.05) is 19.1 Å². The van der Waals surface area contributed by atoms with Crippen molar-refractivity contribution < 1.29 is 0 Å². The van der Waals surface area contributed by atoms with E-state index in [1.54, 1.807) is 0 Å². The maximum absolute atomic E-state index is 5.64. The van der Waals surface area contributed by atoms with Crippen molar-refractivity contribution in [1.29, 1.82) is 0 Å². The predicted octanol–water partition coefficient (Wildman–Crippen LogP) is 2.22. The molecule has 0 saturated carbocycles. The summed E-state index contributed by atoms with van der Waals surface area (Å²) >= 11 is 3.44. The minimum Gasteiger partial charge on any atom is -0.382 e. The van der Waals surface area contributed by atoms with Crippen LogP contribution in [0.15, 0.2) is 16.6 Å². The number of H-pyrrole nitrogens is 1. The fourth-order valence-electron chi connectivity index (χ4n) is 1.17. The number of hydrogen-bond acceptors (Lipinski definition) is 2. The molecule has 3 N–H and O–H groups in total. The van der Waals surface area contributed by atoms with E-state index in [9.17, 15) is 0 Å². The third-order valence-corrected chi connectivity index (χ3v) is 2.73. The number of aryl methyl sites for hydroxylation is 1. The van der Waals surface area contributed by atoms with Gasteiger partial charge in [-0.1, -0.05) is 15.9 Å². The lowest BCUT2D eigenvalue weighted by molar-refractivity contribution is 1.13. The highest BCUT2D eigenvalue weighted by atomic mass is 79.9. The van der Waals surface area contributed by atoms with Gasteiger partial charge in [0.2, 0.25) is 0 Å². The van der Waals surface area contributed by atoms with Crippen molar-refractivity contribution in [1.82, 2.24) is 10.2 Å². The highest BCUT2D eigenvalue weighted by Crippen LogP contribution is 2.25. The Hall–Kier alpha value is -1.03. The molecule has 1 aromatic carbocycles. The molecule has 2 aromatic rings. The van der Waals surface area contributed by atoms with E-state index in [1.165, 1.54) is 0 Å². The number of hydrogen-bond donors (Lipinski definition) is 2. The van der Waals surface area contributed by atoms with E-state index in [4.69, 9.17) is 5.73 Å². The topological polar surface area (TPSA) is 54.7 Å². The van der Waals surface area contributed by atoms with Gasteiger partial charge in [-0.2, -0.15) is 5.10 Å². The predicted molar refractivity (Wildman–Crippen MR) is 52.9 cm³/mol. The molecule has 0 aliphatic heterocycles. The first-order valence-electron chi connectivity index (χ1n) is 3.58. The molecule has 0 fully saturated rings. The van der Waals surface area contributed by atoms with E-state index in [-0.39, 0.29) is 0 Å². The quantitative estimate of drug-likeness (QED) is 0.723. The average molecular weight is 226 g/mol. The Labute approximate surface area is 78.1 Å². The van der Waals surface area contributed by atoms with Gasteiger partial charge in [-0.3, -0.25) is 5.10 Å². The molecule has 0 aliphatic carbocycles. The van der Waals surface area contributed by atoms with Gasteiger partial charge in [-0.25, -0.2) is 0 Å². The van der Waals surface area contributed by atoms with Gasteiger partial charge in [-0.15, -0.1) is 0 Å². The monoisotopic (exact) mass is 225 g/mol. The average Bonchev–Trinajstić information content (AvgIpc) is 2.35. The summed E-state index contributed by atoms with van der Waals surface area (Å²) in [5.74, 6) is 0.556. The fraction of sp³-hybridized carbons (Fsp3) is 0.125. The van der Waals surface area contributed by atoms with Gasteiger partial charge in [0.05, 0.1) is 5.52 Å². The van der Waals surface area contributed by atoms with E-state index in [0.29, 0.717) is 5.82 Å². The molecule has 0 saturated heterocycles. The summed E-state index contributed by atoms with van der Waals surface area (Å²) in [4.78, 5) is 0. The number of fused-ring (bicyclic) bond motifs is 1. The highest BCUT2D eigenvalue weighted by molar-refractivity contribution is 9.10. The Balaban J connectivity index is 2.87. The SMILES string of the molecule is Cc1cc2c(N)n[nH]c2cc1Br. The van der Waals surface area contributed by atoms with Gasteiger partial charge < -0.3 is 5.73 Å². The number of rotatable bonds is 0. The van der Waals surface area contributed by atoms with Crippen molar-refractivity contribution in [3.63, 3.8) is 0 Å². The van der Waals surface area contributed by atoms with Crippen LogP contribution in [0.4, 0.5) is 5.82 Å². The summed E-state index contributed by atoms with van der Waals surface area (Å²) in [5.41, 5.74) is 7.76. The summed E-state index contributed by atoms with van der Waals surface area (Å²) in [6, 6.07) is 3.99. The molecule has 1 heterocycles. The normalized spacial score (nSPS) is 10.8. The van der Waals surface area contributed by atoms with Gasteiger partial charge in [0.15, 0.2) is 5.82 Å². The van der Waals surface area contributed by atoms with Crippen molar-refractivity contribution in [2.75, 3.05) is 5.73 Å². The summed E-state index contributed by atoms with van der Waals surface area (Å²) in [7, 11) is 0. The van der Waals surface area contributed by atoms with Crippen LogP contribution in [0.2, 0.25) is 0 Å². The number of nitrogens with two attached hydrogens (primary N) is 1. The molecule has 0 radical (unpaired) electrons. The molecule has 0 bridgehead atoms. The molecule has 2 rings (SSSR count). The lowest BCUT2D eigenvalue weighted by atomic mass is 10.2. The molecular weight excluding hydrogens is 218 g/mol. The van der Waals surface area contributed by atoms with Crippen LogP contribution in [-0.2, 0) is 0 Å². The van der Waals surface area contributed by atoms with Crippen molar-refractivity contribution in [3.8, 4) is 0 Å². The Morgan fingerprint density at radius 2 is 2.25 bits per heavy atom. The second-order valence-corrected chi connectivity index (χ2v) is 3.61. The van der Waals surface area contributed by atoms with Crippen molar-refractivity contribution in [2.24, 2.45) is 0 Å². The van der Waals surface area contributed by atoms with Crippen LogP contribution in [0.5, 0.6) is 0 Å². The first-order valence-corrected chi connectivity index (χ1v) is 4.37. The maximum atomic E-state index is 5.64. The summed E-state index contributed by atoms with van der Waals surface area (Å²) in [6.07, 6.45) is 0. The van der Waals surface area contributed by atoms with E-state index in [0.717, 1.165) is 20.9 Å². The van der Waals surface area contributed by atoms with Crippen molar-refractivity contribution in [3.05, 3.63) is 22.2 Å². The minimum atomic E-state index is 0.556. The van der Waals surface area contributed by atoms with Gasteiger partial charge in [0.25, 0.3) is 0 Å². The summed E-state index contributed by atoms with van der Waals surface area (Å²) in [5, 5.41) is 7.74. The minimum absolute atomic E-state index is 0.556. The number of aromatic nitrogens is 2. The Kier molecular flexibility index (Phi) is 1.58. The van der Waals surface area contributed by atoms with Crippen LogP contribution >= 0.6 is 15.9 Å². The lowest BCUT2D eigenvalue weighted by Crippen LogP contribution is -1.84. The van der Waals surface area contributed by atoms with Gasteiger partial charge in [0.1, 0.15) is 0 Å². The fourth-order valence-corrected chi connectivity index (χ4v) is 1.51. The molecule has 4 heteroatoms. The van der Waals surface area contributed by atoms with Crippen LogP contribution < -0.4 is 5.73 Å². The molecule has 0 unspecified atom stereocenters. The number of nitrogen functional groups attached to an aromatic ring is 1. The lowest BCUT2D eigenvalue weighted by Gasteiger charge is -1.96. The molecule has 3 nitrogen and oxygen atoms in total. The van der Waals surface area contributed by atoms with Crippen LogP contribution in [0.1, 0.15) is 5.56 Å². The van der Waals surface area contributed by atoms with Gasteiger partial charge >= 0.3 is 0 Å². The summed E-state index contributed by atoms with van der Waals surface area (Å²) < 4.78 is 1.07.